The average molecular weight is 599 g/mol. The van der Waals surface area contributed by atoms with Gasteiger partial charge in [0.1, 0.15) is 5.75 Å². The van der Waals surface area contributed by atoms with Gasteiger partial charge in [-0.2, -0.15) is 0 Å². The summed E-state index contributed by atoms with van der Waals surface area (Å²) < 4.78 is 1.56. The van der Waals surface area contributed by atoms with E-state index in [9.17, 15) is 24.3 Å². The number of nitrogens with two attached hydrogens (primary N) is 1. The molecule has 3 aromatic rings. The molecule has 3 amide bonds. The number of fused-ring (bicyclic) bond motifs is 1. The van der Waals surface area contributed by atoms with Crippen molar-refractivity contribution in [3.05, 3.63) is 58.7 Å². The van der Waals surface area contributed by atoms with E-state index in [1.54, 1.807) is 57.7 Å². The molecule has 0 bridgehead atoms. The number of carboxylic acids is 1. The molecule has 42 heavy (non-hydrogen) atoms. The summed E-state index contributed by atoms with van der Waals surface area (Å²) in [6.07, 6.45) is 6.35. The number of unbranched alkanes of at least 4 members (excludes halogenated alkanes) is 4. The van der Waals surface area contributed by atoms with Gasteiger partial charge < -0.3 is 25.7 Å². The number of nitrogens with zero attached hydrogens (tertiary/aromatic N) is 3. The first-order chi connectivity index (χ1) is 20.0. The van der Waals surface area contributed by atoms with Gasteiger partial charge in [0.2, 0.25) is 5.91 Å². The second-order valence-electron chi connectivity index (χ2n) is 10.4. The number of benzene rings is 2. The Labute approximate surface area is 250 Å². The number of anilines is 1. The van der Waals surface area contributed by atoms with Crippen LogP contribution in [0, 0.1) is 6.92 Å². The maximum Gasteiger partial charge on any atom is 0.314 e. The molecule has 0 spiro atoms. The van der Waals surface area contributed by atoms with Crippen molar-refractivity contribution >= 4 is 52.0 Å². The molecule has 1 aliphatic rings. The number of rotatable bonds is 10. The molecule has 226 valence electrons. The molecule has 0 saturated carbocycles. The zero-order chi connectivity index (χ0) is 30.8. The average Bonchev–Trinajstić information content (AvgIpc) is 3.57. The van der Waals surface area contributed by atoms with Crippen LogP contribution in [0.1, 0.15) is 74.3 Å². The Morgan fingerprint density at radius 3 is 2.14 bits per heavy atom. The fourth-order valence-corrected chi connectivity index (χ4v) is 5.28. The van der Waals surface area contributed by atoms with Crippen molar-refractivity contribution in [3.63, 3.8) is 0 Å². The van der Waals surface area contributed by atoms with E-state index in [1.165, 1.54) is 13.0 Å². The lowest BCUT2D eigenvalue weighted by molar-refractivity contribution is -0.137. The number of hydrogen-bond acceptors (Lipinski definition) is 5. The van der Waals surface area contributed by atoms with E-state index in [1.807, 2.05) is 0 Å². The first-order valence-corrected chi connectivity index (χ1v) is 14.6. The Kier molecular flexibility index (Phi) is 11.8. The van der Waals surface area contributed by atoms with Crippen LogP contribution in [-0.4, -0.2) is 63.1 Å². The van der Waals surface area contributed by atoms with Crippen molar-refractivity contribution in [2.45, 2.75) is 65.2 Å². The van der Waals surface area contributed by atoms with Gasteiger partial charge in [0.15, 0.2) is 0 Å². The zero-order valence-corrected chi connectivity index (χ0v) is 24.9. The predicted octanol–water partition coefficient (Wildman–Crippen LogP) is 5.94. The van der Waals surface area contributed by atoms with Crippen LogP contribution in [0.2, 0.25) is 5.02 Å². The number of phenols is 1. The molecule has 0 radical (unpaired) electrons. The Hall–Kier alpha value is -4.05. The molecule has 0 unspecified atom stereocenters. The SMILES string of the molecule is CC(=O)N(CCCCCCCC(=O)O)c1c(C)n(C(=O)c2ccc(Cl)cc2)c2ccc(O)cc12.NC(=O)N1CCCC1. The van der Waals surface area contributed by atoms with Crippen molar-refractivity contribution in [3.8, 4) is 5.75 Å². The largest absolute Gasteiger partial charge is 0.508 e. The van der Waals surface area contributed by atoms with Crippen molar-refractivity contribution in [2.24, 2.45) is 5.73 Å². The topological polar surface area (TPSA) is 146 Å². The number of aromatic hydroxyl groups is 1. The smallest absolute Gasteiger partial charge is 0.314 e. The van der Waals surface area contributed by atoms with Gasteiger partial charge in [-0.1, -0.05) is 30.9 Å². The molecule has 4 rings (SSSR count). The molecular weight excluding hydrogens is 560 g/mol. The van der Waals surface area contributed by atoms with Crippen LogP contribution in [0.25, 0.3) is 10.9 Å². The number of carboxylic acid groups (broad SMARTS) is 1. The minimum absolute atomic E-state index is 0.0479. The van der Waals surface area contributed by atoms with Crippen LogP contribution in [-0.2, 0) is 9.59 Å². The number of aliphatic carboxylic acids is 1. The molecule has 0 atom stereocenters. The third-order valence-electron chi connectivity index (χ3n) is 7.29. The van der Waals surface area contributed by atoms with E-state index >= 15 is 0 Å². The van der Waals surface area contributed by atoms with Crippen LogP contribution in [0.4, 0.5) is 10.5 Å². The van der Waals surface area contributed by atoms with Gasteiger partial charge in [-0.15, -0.1) is 0 Å². The van der Waals surface area contributed by atoms with Gasteiger partial charge in [0, 0.05) is 54.6 Å². The number of urea groups is 1. The summed E-state index contributed by atoms with van der Waals surface area (Å²) in [5.74, 6) is -1.15. The van der Waals surface area contributed by atoms with E-state index in [-0.39, 0.29) is 30.0 Å². The monoisotopic (exact) mass is 598 g/mol. The number of phenolic OH excluding ortho intramolecular Hbond substituents is 1. The van der Waals surface area contributed by atoms with Gasteiger partial charge in [-0.05, 0) is 75.1 Å². The molecule has 1 aliphatic heterocycles. The van der Waals surface area contributed by atoms with Gasteiger partial charge in [-0.3, -0.25) is 19.0 Å². The van der Waals surface area contributed by atoms with Gasteiger partial charge in [0.25, 0.3) is 5.91 Å². The molecule has 4 N–H and O–H groups in total. The third-order valence-corrected chi connectivity index (χ3v) is 7.54. The number of aromatic nitrogens is 1. The Balaban J connectivity index is 0.000000521. The number of hydrogen-bond donors (Lipinski definition) is 3. The molecule has 1 saturated heterocycles. The lowest BCUT2D eigenvalue weighted by Gasteiger charge is -2.22. The molecule has 2 aromatic carbocycles. The van der Waals surface area contributed by atoms with E-state index in [4.69, 9.17) is 22.4 Å². The third kappa shape index (κ3) is 8.48. The zero-order valence-electron chi connectivity index (χ0n) is 24.1. The van der Waals surface area contributed by atoms with Crippen LogP contribution >= 0.6 is 11.6 Å². The standard InChI is InChI=1S/C26H29ClN2O5.C5H10N2O/c1-17-25(28(18(2)30)15-7-5-3-4-6-8-24(32)33)22-16-21(31)13-14-23(22)29(17)26(34)19-9-11-20(27)12-10-19;6-5(8)7-3-1-2-4-7/h9-14,16,31H,3-8,15H2,1-2H3,(H,32,33);1-4H2,(H2,6,8). The van der Waals surface area contributed by atoms with E-state index in [2.05, 4.69) is 0 Å². The lowest BCUT2D eigenvalue weighted by atomic mass is 10.1. The number of carbonyl (C=O) groups excluding carboxylic acids is 3. The number of carbonyl (C=O) groups is 4. The van der Waals surface area contributed by atoms with E-state index < -0.39 is 5.97 Å². The Morgan fingerprint density at radius 2 is 1.57 bits per heavy atom. The second kappa shape index (κ2) is 15.3. The molecule has 1 fully saturated rings. The highest BCUT2D eigenvalue weighted by molar-refractivity contribution is 6.30. The molecule has 2 heterocycles. The summed E-state index contributed by atoms with van der Waals surface area (Å²) in [5, 5.41) is 20.0. The fraction of sp³-hybridized carbons (Fsp3) is 0.419. The summed E-state index contributed by atoms with van der Waals surface area (Å²) in [5.41, 5.74) is 7.26. The number of likely N-dealkylation sites (tertiary alicyclic amines) is 1. The molecule has 10 nitrogen and oxygen atoms in total. The maximum absolute atomic E-state index is 13.4. The quantitative estimate of drug-likeness (QED) is 0.246. The Bertz CT molecular complexity index is 1410. The first kappa shape index (κ1) is 32.5. The lowest BCUT2D eigenvalue weighted by Crippen LogP contribution is -2.32. The Morgan fingerprint density at radius 1 is 0.952 bits per heavy atom. The summed E-state index contributed by atoms with van der Waals surface area (Å²) in [6.45, 7) is 5.45. The molecule has 0 aliphatic carbocycles. The van der Waals surface area contributed by atoms with Gasteiger partial charge >= 0.3 is 12.0 Å². The van der Waals surface area contributed by atoms with E-state index in [0.29, 0.717) is 45.8 Å². The first-order valence-electron chi connectivity index (χ1n) is 14.2. The maximum atomic E-state index is 13.4. The second-order valence-corrected chi connectivity index (χ2v) is 10.8. The van der Waals surface area contributed by atoms with Crippen molar-refractivity contribution < 1.29 is 29.4 Å². The summed E-state index contributed by atoms with van der Waals surface area (Å²) in [6, 6.07) is 11.1. The highest BCUT2D eigenvalue weighted by Crippen LogP contribution is 2.37. The molecule has 1 aromatic heterocycles. The molecule has 11 heteroatoms. The van der Waals surface area contributed by atoms with Gasteiger partial charge in [0.05, 0.1) is 11.2 Å². The van der Waals surface area contributed by atoms with Crippen molar-refractivity contribution in [1.82, 2.24) is 9.47 Å². The summed E-state index contributed by atoms with van der Waals surface area (Å²) in [4.78, 5) is 50.3. The van der Waals surface area contributed by atoms with Crippen LogP contribution in [0.5, 0.6) is 5.75 Å². The minimum Gasteiger partial charge on any atom is -0.508 e. The van der Waals surface area contributed by atoms with Crippen molar-refractivity contribution in [2.75, 3.05) is 24.5 Å². The highest BCUT2D eigenvalue weighted by Gasteiger charge is 2.25. The normalized spacial score (nSPS) is 12.6. The summed E-state index contributed by atoms with van der Waals surface area (Å²) >= 11 is 5.97. The van der Waals surface area contributed by atoms with Crippen LogP contribution < -0.4 is 10.6 Å². The predicted molar refractivity (Wildman–Crippen MR) is 163 cm³/mol. The molecular formula is C31H39ClN4O6. The number of amides is 3. The van der Waals surface area contributed by atoms with E-state index in [0.717, 1.165) is 51.6 Å². The minimum atomic E-state index is -0.786. The van der Waals surface area contributed by atoms with Crippen LogP contribution in [0.3, 0.4) is 0 Å². The number of primary amides is 1. The van der Waals surface area contributed by atoms with Gasteiger partial charge in [-0.25, -0.2) is 4.79 Å². The number of halogens is 1. The fourth-order valence-electron chi connectivity index (χ4n) is 5.15. The van der Waals surface area contributed by atoms with Crippen LogP contribution in [0.15, 0.2) is 42.5 Å². The highest BCUT2D eigenvalue weighted by atomic mass is 35.5. The summed E-state index contributed by atoms with van der Waals surface area (Å²) in [7, 11) is 0. The van der Waals surface area contributed by atoms with Crippen molar-refractivity contribution in [1.29, 1.82) is 0 Å².